The number of halogens is 2. The lowest BCUT2D eigenvalue weighted by Crippen LogP contribution is -2.06. The summed E-state index contributed by atoms with van der Waals surface area (Å²) in [7, 11) is 0. The smallest absolute Gasteiger partial charge is 0.202 e. The third kappa shape index (κ3) is 3.86. The Kier molecular flexibility index (Phi) is 5.36. The molecule has 0 atom stereocenters. The van der Waals surface area contributed by atoms with Crippen LogP contribution in [0.4, 0.5) is 8.78 Å². The first-order valence-electron chi connectivity index (χ1n) is 5.01. The molecule has 0 saturated heterocycles. The summed E-state index contributed by atoms with van der Waals surface area (Å²) in [6, 6.07) is 6.54. The summed E-state index contributed by atoms with van der Waals surface area (Å²) < 4.78 is 25.5. The summed E-state index contributed by atoms with van der Waals surface area (Å²) in [5, 5.41) is 0. The van der Waals surface area contributed by atoms with Crippen LogP contribution in [-0.2, 0) is 12.3 Å². The van der Waals surface area contributed by atoms with Crippen LogP contribution in [0, 0.1) is 0 Å². The second kappa shape index (κ2) is 5.74. The maximum absolute atomic E-state index is 12.8. The van der Waals surface area contributed by atoms with Gasteiger partial charge in [0, 0.05) is 12.5 Å². The highest BCUT2D eigenvalue weighted by molar-refractivity contribution is 5.26. The fraction of sp³-hybridized carbons (Fsp3) is 0.500. The Balaban J connectivity index is 0.000000791. The highest BCUT2D eigenvalue weighted by atomic mass is 19.3. The monoisotopic (exact) mass is 200 g/mol. The maximum Gasteiger partial charge on any atom is 0.270 e. The third-order valence-electron chi connectivity index (χ3n) is 1.84. The van der Waals surface area contributed by atoms with Gasteiger partial charge in [-0.25, -0.2) is 8.78 Å². The molecule has 0 radical (unpaired) electrons. The van der Waals surface area contributed by atoms with Crippen LogP contribution < -0.4 is 0 Å². The van der Waals surface area contributed by atoms with Gasteiger partial charge in [0.05, 0.1) is 0 Å². The highest BCUT2D eigenvalue weighted by Crippen LogP contribution is 2.27. The summed E-state index contributed by atoms with van der Waals surface area (Å²) in [6.45, 7) is 6.87. The molecular weight excluding hydrogens is 182 g/mol. The Bertz CT molecular complexity index is 261. The molecular formula is C12H18F2. The summed E-state index contributed by atoms with van der Waals surface area (Å²) in [5.74, 6) is -2.72. The van der Waals surface area contributed by atoms with Gasteiger partial charge in [0.1, 0.15) is 0 Å². The van der Waals surface area contributed by atoms with Gasteiger partial charge in [0.2, 0.25) is 0 Å². The van der Waals surface area contributed by atoms with Gasteiger partial charge in [-0.15, -0.1) is 0 Å². The van der Waals surface area contributed by atoms with Crippen LogP contribution in [0.1, 0.15) is 38.8 Å². The van der Waals surface area contributed by atoms with Crippen molar-refractivity contribution in [1.82, 2.24) is 0 Å². The summed E-state index contributed by atoms with van der Waals surface area (Å²) in [5.41, 5.74) is 1.05. The number of alkyl halides is 2. The Morgan fingerprint density at radius 3 is 2.21 bits per heavy atom. The van der Waals surface area contributed by atoms with Gasteiger partial charge in [-0.2, -0.15) is 0 Å². The van der Waals surface area contributed by atoms with Crippen molar-refractivity contribution in [3.63, 3.8) is 0 Å². The van der Waals surface area contributed by atoms with Crippen LogP contribution in [0.25, 0.3) is 0 Å². The van der Waals surface area contributed by atoms with E-state index < -0.39 is 5.92 Å². The number of hydrogen-bond acceptors (Lipinski definition) is 0. The molecule has 0 aromatic heterocycles. The van der Waals surface area contributed by atoms with Gasteiger partial charge >= 0.3 is 0 Å². The molecule has 0 heterocycles. The van der Waals surface area contributed by atoms with Crippen LogP contribution in [0.5, 0.6) is 0 Å². The molecule has 0 bridgehead atoms. The van der Waals surface area contributed by atoms with Gasteiger partial charge in [-0.1, -0.05) is 39.0 Å². The molecule has 14 heavy (non-hydrogen) atoms. The minimum absolute atomic E-state index is 0.0989. The largest absolute Gasteiger partial charge is 0.270 e. The fourth-order valence-electron chi connectivity index (χ4n) is 1.06. The Hall–Kier alpha value is -0.920. The summed E-state index contributed by atoms with van der Waals surface area (Å²) >= 11 is 0. The minimum atomic E-state index is -2.72. The van der Waals surface area contributed by atoms with Crippen molar-refractivity contribution < 1.29 is 8.78 Å². The Morgan fingerprint density at radius 2 is 1.79 bits per heavy atom. The van der Waals surface area contributed by atoms with Gasteiger partial charge in [0.15, 0.2) is 0 Å². The van der Waals surface area contributed by atoms with E-state index in [1.54, 1.807) is 12.1 Å². The molecule has 1 aromatic carbocycles. The molecule has 0 spiro atoms. The van der Waals surface area contributed by atoms with Gasteiger partial charge in [-0.05, 0) is 18.1 Å². The predicted molar refractivity (Wildman–Crippen MR) is 56.7 cm³/mol. The van der Waals surface area contributed by atoms with E-state index in [0.717, 1.165) is 18.9 Å². The molecule has 0 saturated carbocycles. The molecule has 0 N–H and O–H groups in total. The van der Waals surface area contributed by atoms with E-state index in [9.17, 15) is 8.78 Å². The van der Waals surface area contributed by atoms with E-state index in [0.29, 0.717) is 0 Å². The Labute approximate surface area is 85.0 Å². The average molecular weight is 200 g/mol. The van der Waals surface area contributed by atoms with Crippen LogP contribution in [0.15, 0.2) is 24.3 Å². The second-order valence-corrected chi connectivity index (χ2v) is 2.94. The standard InChI is InChI=1S/C10H12F2.C2H6/c1-3-8-5-4-6-9(7-8)10(2,11)12;1-2/h4-7H,3H2,1-2H3;1-2H3. The number of benzene rings is 1. The van der Waals surface area contributed by atoms with Crippen molar-refractivity contribution in [3.8, 4) is 0 Å². The molecule has 1 aromatic rings. The van der Waals surface area contributed by atoms with Crippen LogP contribution in [-0.4, -0.2) is 0 Å². The lowest BCUT2D eigenvalue weighted by molar-refractivity contribution is 0.0174. The van der Waals surface area contributed by atoms with Crippen molar-refractivity contribution in [2.75, 3.05) is 0 Å². The third-order valence-corrected chi connectivity index (χ3v) is 1.84. The fourth-order valence-corrected chi connectivity index (χ4v) is 1.06. The highest BCUT2D eigenvalue weighted by Gasteiger charge is 2.23. The molecule has 0 aliphatic rings. The predicted octanol–water partition coefficient (Wildman–Crippen LogP) is 4.39. The molecule has 80 valence electrons. The number of rotatable bonds is 2. The zero-order valence-electron chi connectivity index (χ0n) is 9.27. The topological polar surface area (TPSA) is 0 Å². The van der Waals surface area contributed by atoms with E-state index >= 15 is 0 Å². The normalized spacial score (nSPS) is 10.4. The SMILES string of the molecule is CC.CCc1cccc(C(C)(F)F)c1. The lowest BCUT2D eigenvalue weighted by Gasteiger charge is -2.10. The van der Waals surface area contributed by atoms with Crippen molar-refractivity contribution >= 4 is 0 Å². The van der Waals surface area contributed by atoms with Gasteiger partial charge in [0.25, 0.3) is 5.92 Å². The molecule has 0 amide bonds. The van der Waals surface area contributed by atoms with Crippen LogP contribution in [0.3, 0.4) is 0 Å². The van der Waals surface area contributed by atoms with Crippen LogP contribution >= 0.6 is 0 Å². The first kappa shape index (κ1) is 13.1. The van der Waals surface area contributed by atoms with Crippen molar-refractivity contribution in [1.29, 1.82) is 0 Å². The first-order chi connectivity index (χ1) is 6.54. The van der Waals surface area contributed by atoms with Gasteiger partial charge < -0.3 is 0 Å². The second-order valence-electron chi connectivity index (χ2n) is 2.94. The Morgan fingerprint density at radius 1 is 1.21 bits per heavy atom. The zero-order chi connectivity index (χ0) is 11.2. The first-order valence-corrected chi connectivity index (χ1v) is 5.01. The van der Waals surface area contributed by atoms with E-state index in [2.05, 4.69) is 0 Å². The molecule has 0 fully saturated rings. The molecule has 2 heteroatoms. The number of aryl methyl sites for hydroxylation is 1. The summed E-state index contributed by atoms with van der Waals surface area (Å²) in [6.07, 6.45) is 0.796. The quantitative estimate of drug-likeness (QED) is 0.664. The molecule has 0 unspecified atom stereocenters. The lowest BCUT2D eigenvalue weighted by atomic mass is 10.1. The van der Waals surface area contributed by atoms with Crippen molar-refractivity contribution in [3.05, 3.63) is 35.4 Å². The minimum Gasteiger partial charge on any atom is -0.202 e. The number of hydrogen-bond donors (Lipinski definition) is 0. The molecule has 1 rings (SSSR count). The van der Waals surface area contributed by atoms with Crippen molar-refractivity contribution in [2.45, 2.75) is 40.0 Å². The summed E-state index contributed by atoms with van der Waals surface area (Å²) in [4.78, 5) is 0. The molecule has 0 aliphatic carbocycles. The van der Waals surface area contributed by atoms with E-state index in [4.69, 9.17) is 0 Å². The molecule has 0 nitrogen and oxygen atoms in total. The van der Waals surface area contributed by atoms with E-state index in [1.807, 2.05) is 26.8 Å². The maximum atomic E-state index is 12.8. The van der Waals surface area contributed by atoms with E-state index in [1.165, 1.54) is 6.07 Å². The zero-order valence-corrected chi connectivity index (χ0v) is 9.27. The van der Waals surface area contributed by atoms with Gasteiger partial charge in [-0.3, -0.25) is 0 Å². The average Bonchev–Trinajstić information content (AvgIpc) is 2.20. The van der Waals surface area contributed by atoms with Crippen molar-refractivity contribution in [2.24, 2.45) is 0 Å². The molecule has 0 aliphatic heterocycles. The van der Waals surface area contributed by atoms with Crippen LogP contribution in [0.2, 0.25) is 0 Å². The van der Waals surface area contributed by atoms with E-state index in [-0.39, 0.29) is 5.56 Å².